The van der Waals surface area contributed by atoms with Gasteiger partial charge in [0.25, 0.3) is 0 Å². The number of benzene rings is 1. The number of carbonyl (C=O) groups is 1. The fourth-order valence-corrected chi connectivity index (χ4v) is 1.37. The number of carboxylic acids is 1. The van der Waals surface area contributed by atoms with E-state index < -0.39 is 25.1 Å². The van der Waals surface area contributed by atoms with Gasteiger partial charge in [0.1, 0.15) is 0 Å². The molecule has 0 aromatic heterocycles. The van der Waals surface area contributed by atoms with E-state index in [1.807, 2.05) is 0 Å². The quantitative estimate of drug-likeness (QED) is 0.817. The van der Waals surface area contributed by atoms with Gasteiger partial charge in [-0.2, -0.15) is 8.78 Å². The number of methoxy groups -OCH3 is 1. The number of carboxylic acid groups (broad SMARTS) is 1. The van der Waals surface area contributed by atoms with Gasteiger partial charge in [-0.1, -0.05) is 6.07 Å². The molecule has 18 heavy (non-hydrogen) atoms. The van der Waals surface area contributed by atoms with Crippen molar-refractivity contribution in [2.75, 3.05) is 7.11 Å². The van der Waals surface area contributed by atoms with E-state index in [0.717, 1.165) is 6.07 Å². The van der Waals surface area contributed by atoms with Crippen molar-refractivity contribution in [3.63, 3.8) is 0 Å². The molecule has 0 aliphatic rings. The number of aliphatic hydroxyl groups is 1. The van der Waals surface area contributed by atoms with Gasteiger partial charge in [0.2, 0.25) is 0 Å². The highest BCUT2D eigenvalue weighted by molar-refractivity contribution is 5.67. The Bertz CT molecular complexity index is 422. The summed E-state index contributed by atoms with van der Waals surface area (Å²) in [4.78, 5) is 10.4. The monoisotopic (exact) mass is 262 g/mol. The van der Waals surface area contributed by atoms with E-state index in [-0.39, 0.29) is 17.1 Å². The van der Waals surface area contributed by atoms with Gasteiger partial charge >= 0.3 is 12.6 Å². The average molecular weight is 262 g/mol. The lowest BCUT2D eigenvalue weighted by Gasteiger charge is -2.13. The second-order valence-electron chi connectivity index (χ2n) is 3.40. The Labute approximate surface area is 102 Å². The molecule has 0 spiro atoms. The highest BCUT2D eigenvalue weighted by atomic mass is 19.3. The number of alkyl halides is 2. The van der Waals surface area contributed by atoms with E-state index >= 15 is 0 Å². The molecule has 1 aromatic rings. The van der Waals surface area contributed by atoms with Gasteiger partial charge in [-0.3, -0.25) is 4.79 Å². The van der Waals surface area contributed by atoms with Crippen LogP contribution in [0.25, 0.3) is 0 Å². The number of hydrogen-bond donors (Lipinski definition) is 2. The van der Waals surface area contributed by atoms with Gasteiger partial charge in [0.05, 0.1) is 19.6 Å². The molecule has 0 fully saturated rings. The summed E-state index contributed by atoms with van der Waals surface area (Å²) >= 11 is 0. The number of aliphatic hydroxyl groups excluding tert-OH is 1. The number of halogens is 2. The summed E-state index contributed by atoms with van der Waals surface area (Å²) < 4.78 is 33.3. The molecule has 5 nitrogen and oxygen atoms in total. The first-order valence-corrected chi connectivity index (χ1v) is 4.96. The van der Waals surface area contributed by atoms with Gasteiger partial charge in [-0.05, 0) is 17.7 Å². The molecule has 0 radical (unpaired) electrons. The van der Waals surface area contributed by atoms with Crippen molar-refractivity contribution in [3.05, 3.63) is 23.8 Å². The van der Waals surface area contributed by atoms with Crippen LogP contribution in [0, 0.1) is 0 Å². The molecule has 0 aliphatic heterocycles. The van der Waals surface area contributed by atoms with E-state index in [1.165, 1.54) is 19.2 Å². The van der Waals surface area contributed by atoms with E-state index in [9.17, 15) is 18.7 Å². The lowest BCUT2D eigenvalue weighted by molar-refractivity contribution is -0.139. The van der Waals surface area contributed by atoms with Crippen LogP contribution in [-0.4, -0.2) is 29.9 Å². The Morgan fingerprint density at radius 1 is 1.39 bits per heavy atom. The van der Waals surface area contributed by atoms with Crippen LogP contribution in [0.15, 0.2) is 18.2 Å². The molecular weight excluding hydrogens is 250 g/mol. The van der Waals surface area contributed by atoms with Crippen molar-refractivity contribution < 1.29 is 33.3 Å². The maximum absolute atomic E-state index is 12.1. The third kappa shape index (κ3) is 3.85. The third-order valence-electron chi connectivity index (χ3n) is 2.16. The van der Waals surface area contributed by atoms with Crippen molar-refractivity contribution in [2.45, 2.75) is 19.1 Å². The first kappa shape index (κ1) is 14.2. The summed E-state index contributed by atoms with van der Waals surface area (Å²) in [5.41, 5.74) is 0.161. The van der Waals surface area contributed by atoms with Crippen molar-refractivity contribution >= 4 is 5.97 Å². The molecule has 1 aromatic carbocycles. The van der Waals surface area contributed by atoms with Gasteiger partial charge in [-0.15, -0.1) is 0 Å². The molecule has 0 saturated heterocycles. The fraction of sp³-hybridized carbons (Fsp3) is 0.364. The zero-order valence-corrected chi connectivity index (χ0v) is 9.47. The van der Waals surface area contributed by atoms with Crippen LogP contribution in [-0.2, 0) is 4.79 Å². The summed E-state index contributed by atoms with van der Waals surface area (Å²) in [5.74, 6) is -1.38. The largest absolute Gasteiger partial charge is 0.493 e. The minimum atomic E-state index is -3.04. The smallest absolute Gasteiger partial charge is 0.387 e. The second kappa shape index (κ2) is 6.15. The Balaban J connectivity index is 2.97. The average Bonchev–Trinajstić information content (AvgIpc) is 2.27. The number of hydrogen-bond acceptors (Lipinski definition) is 4. The van der Waals surface area contributed by atoms with Gasteiger partial charge in [-0.25, -0.2) is 0 Å². The number of ether oxygens (including phenoxy) is 2. The molecule has 0 saturated carbocycles. The number of aliphatic carboxylic acids is 1. The predicted molar refractivity (Wildman–Crippen MR) is 56.8 cm³/mol. The highest BCUT2D eigenvalue weighted by Gasteiger charge is 2.16. The van der Waals surface area contributed by atoms with Gasteiger partial charge in [0.15, 0.2) is 11.5 Å². The standard InChI is InChI=1S/C11H12F2O5/c1-17-8-3-2-6(7(14)5-10(15)16)4-9(8)18-11(12)13/h2-4,7,11,14H,5H2,1H3,(H,15,16). The summed E-state index contributed by atoms with van der Waals surface area (Å²) in [6.07, 6.45) is -1.83. The van der Waals surface area contributed by atoms with E-state index in [2.05, 4.69) is 4.74 Å². The second-order valence-corrected chi connectivity index (χ2v) is 3.40. The molecule has 100 valence electrons. The van der Waals surface area contributed by atoms with Crippen LogP contribution in [0.2, 0.25) is 0 Å². The van der Waals surface area contributed by atoms with Crippen molar-refractivity contribution in [1.29, 1.82) is 0 Å². The van der Waals surface area contributed by atoms with Crippen molar-refractivity contribution in [3.8, 4) is 11.5 Å². The highest BCUT2D eigenvalue weighted by Crippen LogP contribution is 2.32. The molecule has 0 bridgehead atoms. The minimum Gasteiger partial charge on any atom is -0.493 e. The molecule has 0 aliphatic carbocycles. The Morgan fingerprint density at radius 3 is 2.56 bits per heavy atom. The van der Waals surface area contributed by atoms with E-state index in [0.29, 0.717) is 0 Å². The molecular formula is C11H12F2O5. The molecule has 0 amide bonds. The van der Waals surface area contributed by atoms with Crippen molar-refractivity contribution in [1.82, 2.24) is 0 Å². The van der Waals surface area contributed by atoms with Crippen molar-refractivity contribution in [2.24, 2.45) is 0 Å². The molecule has 1 atom stereocenters. The van der Waals surface area contributed by atoms with Crippen LogP contribution in [0.4, 0.5) is 8.78 Å². The zero-order valence-electron chi connectivity index (χ0n) is 9.47. The van der Waals surface area contributed by atoms with E-state index in [4.69, 9.17) is 9.84 Å². The molecule has 7 heteroatoms. The molecule has 1 unspecified atom stereocenters. The van der Waals surface area contributed by atoms with Gasteiger partial charge in [0, 0.05) is 0 Å². The fourth-order valence-electron chi connectivity index (χ4n) is 1.37. The predicted octanol–water partition coefficient (Wildman–Crippen LogP) is 1.80. The lowest BCUT2D eigenvalue weighted by atomic mass is 10.1. The summed E-state index contributed by atoms with van der Waals surface area (Å²) in [6, 6.07) is 3.82. The van der Waals surface area contributed by atoms with Crippen LogP contribution in [0.5, 0.6) is 11.5 Å². The Morgan fingerprint density at radius 2 is 2.06 bits per heavy atom. The molecule has 1 rings (SSSR count). The minimum absolute atomic E-state index is 0.0709. The zero-order chi connectivity index (χ0) is 13.7. The van der Waals surface area contributed by atoms with Crippen LogP contribution >= 0.6 is 0 Å². The van der Waals surface area contributed by atoms with E-state index in [1.54, 1.807) is 0 Å². The van der Waals surface area contributed by atoms with Crippen LogP contribution in [0.1, 0.15) is 18.1 Å². The Kier molecular flexibility index (Phi) is 4.85. The molecule has 2 N–H and O–H groups in total. The SMILES string of the molecule is COc1ccc(C(O)CC(=O)O)cc1OC(F)F. The maximum Gasteiger partial charge on any atom is 0.387 e. The lowest BCUT2D eigenvalue weighted by Crippen LogP contribution is -2.07. The first-order valence-electron chi connectivity index (χ1n) is 4.96. The number of rotatable bonds is 6. The third-order valence-corrected chi connectivity index (χ3v) is 2.16. The summed E-state index contributed by atoms with van der Waals surface area (Å²) in [6.45, 7) is -3.04. The first-order chi connectivity index (χ1) is 8.43. The summed E-state index contributed by atoms with van der Waals surface area (Å²) in [7, 11) is 1.28. The molecule has 0 heterocycles. The Hall–Kier alpha value is -1.89. The van der Waals surface area contributed by atoms with Gasteiger partial charge < -0.3 is 19.7 Å². The van der Waals surface area contributed by atoms with Crippen LogP contribution in [0.3, 0.4) is 0 Å². The van der Waals surface area contributed by atoms with Crippen LogP contribution < -0.4 is 9.47 Å². The topological polar surface area (TPSA) is 76.0 Å². The maximum atomic E-state index is 12.1. The summed E-state index contributed by atoms with van der Waals surface area (Å²) in [5, 5.41) is 18.1. The normalized spacial score (nSPS) is 12.3.